The molecule has 0 spiro atoms. The Bertz CT molecular complexity index is 479. The zero-order valence-corrected chi connectivity index (χ0v) is 11.6. The van der Waals surface area contributed by atoms with E-state index in [1.807, 2.05) is 18.2 Å². The average molecular weight is 259 g/mol. The molecule has 0 saturated carbocycles. The van der Waals surface area contributed by atoms with Crippen LogP contribution in [-0.4, -0.2) is 13.2 Å². The van der Waals surface area contributed by atoms with E-state index in [1.54, 1.807) is 13.4 Å². The molecule has 0 aliphatic heterocycles. The highest BCUT2D eigenvalue weighted by molar-refractivity contribution is 5.26. The quantitative estimate of drug-likeness (QED) is 0.829. The van der Waals surface area contributed by atoms with Crippen molar-refractivity contribution in [2.75, 3.05) is 7.11 Å². The predicted octanol–water partition coefficient (Wildman–Crippen LogP) is 3.15. The van der Waals surface area contributed by atoms with E-state index >= 15 is 0 Å². The van der Waals surface area contributed by atoms with Crippen LogP contribution in [0, 0.1) is 0 Å². The Labute approximate surface area is 114 Å². The van der Waals surface area contributed by atoms with Crippen LogP contribution in [0.5, 0.6) is 0 Å². The van der Waals surface area contributed by atoms with Crippen LogP contribution in [0.4, 0.5) is 0 Å². The summed E-state index contributed by atoms with van der Waals surface area (Å²) in [7, 11) is 1.73. The second-order valence-electron chi connectivity index (χ2n) is 4.77. The summed E-state index contributed by atoms with van der Waals surface area (Å²) in [6.45, 7) is 3.67. The van der Waals surface area contributed by atoms with Crippen LogP contribution < -0.4 is 5.32 Å². The van der Waals surface area contributed by atoms with E-state index in [-0.39, 0.29) is 0 Å². The number of ether oxygens (including phenoxy) is 1. The lowest BCUT2D eigenvalue weighted by Gasteiger charge is -2.14. The minimum Gasteiger partial charge on any atom is -0.469 e. The molecule has 0 radical (unpaired) electrons. The normalized spacial score (nSPS) is 12.5. The molecule has 2 rings (SSSR count). The Balaban J connectivity index is 1.87. The Kier molecular flexibility index (Phi) is 5.19. The van der Waals surface area contributed by atoms with E-state index in [9.17, 15) is 0 Å². The number of hydrogen-bond acceptors (Lipinski definition) is 3. The summed E-state index contributed by atoms with van der Waals surface area (Å²) in [5.74, 6) is 1.02. The molecule has 0 aliphatic carbocycles. The van der Waals surface area contributed by atoms with Crippen molar-refractivity contribution in [2.24, 2.45) is 0 Å². The van der Waals surface area contributed by atoms with Gasteiger partial charge in [0.2, 0.25) is 0 Å². The molecule has 0 fully saturated rings. The van der Waals surface area contributed by atoms with Gasteiger partial charge in [0.1, 0.15) is 5.76 Å². The van der Waals surface area contributed by atoms with Crippen LogP contribution in [-0.2, 0) is 24.3 Å². The summed E-state index contributed by atoms with van der Waals surface area (Å²) < 4.78 is 10.6. The lowest BCUT2D eigenvalue weighted by Crippen LogP contribution is -2.27. The Morgan fingerprint density at radius 2 is 1.95 bits per heavy atom. The van der Waals surface area contributed by atoms with E-state index < -0.39 is 0 Å². The number of benzene rings is 1. The molecule has 102 valence electrons. The zero-order chi connectivity index (χ0) is 13.5. The largest absolute Gasteiger partial charge is 0.469 e. The maximum absolute atomic E-state index is 5.36. The first kappa shape index (κ1) is 13.8. The van der Waals surface area contributed by atoms with Crippen molar-refractivity contribution in [3.63, 3.8) is 0 Å². The lowest BCUT2D eigenvalue weighted by molar-refractivity contribution is 0.184. The van der Waals surface area contributed by atoms with Gasteiger partial charge in [0.25, 0.3) is 0 Å². The molecule has 1 heterocycles. The number of furan rings is 1. The molecule has 3 nitrogen and oxygen atoms in total. The molecule has 3 heteroatoms. The first-order valence-corrected chi connectivity index (χ1v) is 6.61. The molecular weight excluding hydrogens is 238 g/mol. The molecule has 0 bridgehead atoms. The van der Waals surface area contributed by atoms with Gasteiger partial charge in [0.15, 0.2) is 0 Å². The Morgan fingerprint density at radius 3 is 2.63 bits per heavy atom. The number of rotatable bonds is 7. The zero-order valence-electron chi connectivity index (χ0n) is 11.6. The van der Waals surface area contributed by atoms with E-state index in [2.05, 4.69) is 30.4 Å². The van der Waals surface area contributed by atoms with Crippen LogP contribution in [0.3, 0.4) is 0 Å². The lowest BCUT2D eigenvalue weighted by atomic mass is 10.1. The summed E-state index contributed by atoms with van der Waals surface area (Å²) in [5.41, 5.74) is 2.53. The van der Waals surface area contributed by atoms with Crippen molar-refractivity contribution in [2.45, 2.75) is 32.5 Å². The van der Waals surface area contributed by atoms with Gasteiger partial charge in [-0.25, -0.2) is 0 Å². The summed E-state index contributed by atoms with van der Waals surface area (Å²) in [5, 5.41) is 3.52. The standard InChI is InChI=1S/C16H21NO2/c1-13(10-16-8-5-9-19-16)17-11-14-6-3-4-7-15(14)12-18-2/h3-9,13,17H,10-12H2,1-2H3. The van der Waals surface area contributed by atoms with Gasteiger partial charge in [0, 0.05) is 26.1 Å². The summed E-state index contributed by atoms with van der Waals surface area (Å²) in [6.07, 6.45) is 2.62. The van der Waals surface area contributed by atoms with Crippen LogP contribution in [0.25, 0.3) is 0 Å². The second-order valence-corrected chi connectivity index (χ2v) is 4.77. The van der Waals surface area contributed by atoms with Crippen molar-refractivity contribution < 1.29 is 9.15 Å². The molecule has 0 amide bonds. The highest BCUT2D eigenvalue weighted by Crippen LogP contribution is 2.11. The fraction of sp³-hybridized carbons (Fsp3) is 0.375. The molecule has 19 heavy (non-hydrogen) atoms. The van der Waals surface area contributed by atoms with Gasteiger partial charge >= 0.3 is 0 Å². The number of nitrogens with one attached hydrogen (secondary N) is 1. The molecule has 1 aromatic carbocycles. The third-order valence-corrected chi connectivity index (χ3v) is 3.15. The molecule has 1 aromatic heterocycles. The van der Waals surface area contributed by atoms with Gasteiger partial charge in [-0.3, -0.25) is 0 Å². The maximum atomic E-state index is 5.36. The second kappa shape index (κ2) is 7.12. The first-order chi connectivity index (χ1) is 9.29. The van der Waals surface area contributed by atoms with Crippen molar-refractivity contribution in [3.8, 4) is 0 Å². The van der Waals surface area contributed by atoms with Gasteiger partial charge in [-0.1, -0.05) is 24.3 Å². The van der Waals surface area contributed by atoms with Gasteiger partial charge in [-0.2, -0.15) is 0 Å². The summed E-state index contributed by atoms with van der Waals surface area (Å²) >= 11 is 0. The molecule has 1 atom stereocenters. The van der Waals surface area contributed by atoms with Crippen LogP contribution in [0.15, 0.2) is 47.1 Å². The third kappa shape index (κ3) is 4.23. The third-order valence-electron chi connectivity index (χ3n) is 3.15. The van der Waals surface area contributed by atoms with Gasteiger partial charge in [-0.05, 0) is 30.2 Å². The van der Waals surface area contributed by atoms with Crippen LogP contribution >= 0.6 is 0 Å². The number of hydrogen-bond donors (Lipinski definition) is 1. The highest BCUT2D eigenvalue weighted by atomic mass is 16.5. The molecular formula is C16H21NO2. The molecule has 0 aliphatic rings. The van der Waals surface area contributed by atoms with Crippen molar-refractivity contribution >= 4 is 0 Å². The predicted molar refractivity (Wildman–Crippen MR) is 75.9 cm³/mol. The molecule has 1 N–H and O–H groups in total. The molecule has 0 saturated heterocycles. The molecule has 2 aromatic rings. The first-order valence-electron chi connectivity index (χ1n) is 6.61. The Hall–Kier alpha value is -1.58. The smallest absolute Gasteiger partial charge is 0.105 e. The van der Waals surface area contributed by atoms with E-state index in [0.717, 1.165) is 18.7 Å². The fourth-order valence-electron chi connectivity index (χ4n) is 2.11. The van der Waals surface area contributed by atoms with E-state index in [4.69, 9.17) is 9.15 Å². The van der Waals surface area contributed by atoms with Gasteiger partial charge in [0.05, 0.1) is 12.9 Å². The van der Waals surface area contributed by atoms with E-state index in [0.29, 0.717) is 12.6 Å². The van der Waals surface area contributed by atoms with Crippen molar-refractivity contribution in [1.82, 2.24) is 5.32 Å². The summed E-state index contributed by atoms with van der Waals surface area (Å²) in [6, 6.07) is 12.7. The van der Waals surface area contributed by atoms with Gasteiger partial charge < -0.3 is 14.5 Å². The molecule has 1 unspecified atom stereocenters. The minimum absolute atomic E-state index is 0.377. The van der Waals surface area contributed by atoms with Crippen molar-refractivity contribution in [1.29, 1.82) is 0 Å². The average Bonchev–Trinajstić information content (AvgIpc) is 2.91. The van der Waals surface area contributed by atoms with Crippen LogP contribution in [0.1, 0.15) is 23.8 Å². The minimum atomic E-state index is 0.377. The monoisotopic (exact) mass is 259 g/mol. The number of methoxy groups -OCH3 is 1. The van der Waals surface area contributed by atoms with Crippen molar-refractivity contribution in [3.05, 3.63) is 59.5 Å². The SMILES string of the molecule is COCc1ccccc1CNC(C)Cc1ccco1. The topological polar surface area (TPSA) is 34.4 Å². The van der Waals surface area contributed by atoms with Gasteiger partial charge in [-0.15, -0.1) is 0 Å². The highest BCUT2D eigenvalue weighted by Gasteiger charge is 2.07. The van der Waals surface area contributed by atoms with E-state index in [1.165, 1.54) is 11.1 Å². The summed E-state index contributed by atoms with van der Waals surface area (Å²) in [4.78, 5) is 0. The van der Waals surface area contributed by atoms with Crippen LogP contribution in [0.2, 0.25) is 0 Å². The Morgan fingerprint density at radius 1 is 1.16 bits per heavy atom. The maximum Gasteiger partial charge on any atom is 0.105 e. The fourth-order valence-corrected chi connectivity index (χ4v) is 2.11.